The van der Waals surface area contributed by atoms with Gasteiger partial charge >= 0.3 is 0 Å². The predicted molar refractivity (Wildman–Crippen MR) is 82.8 cm³/mol. The molecule has 0 aliphatic carbocycles. The van der Waals surface area contributed by atoms with Crippen molar-refractivity contribution in [3.8, 4) is 0 Å². The Kier molecular flexibility index (Phi) is 5.10. The van der Waals surface area contributed by atoms with Gasteiger partial charge in [-0.05, 0) is 32.9 Å². The topological polar surface area (TPSA) is 84.7 Å². The zero-order chi connectivity index (χ0) is 16.3. The van der Waals surface area contributed by atoms with Crippen LogP contribution in [0.5, 0.6) is 0 Å². The third-order valence-corrected chi connectivity index (χ3v) is 3.72. The van der Waals surface area contributed by atoms with Crippen LogP contribution in [0.3, 0.4) is 0 Å². The molecule has 0 bridgehead atoms. The molecule has 7 nitrogen and oxygen atoms in total. The minimum Gasteiger partial charge on any atom is -0.373 e. The average molecular weight is 307 g/mol. The van der Waals surface area contributed by atoms with Gasteiger partial charge in [-0.15, -0.1) is 0 Å². The van der Waals surface area contributed by atoms with Gasteiger partial charge < -0.3 is 10.1 Å². The highest BCUT2D eigenvalue weighted by molar-refractivity contribution is 5.94. The lowest BCUT2D eigenvalue weighted by atomic mass is 10.1. The van der Waals surface area contributed by atoms with Crippen molar-refractivity contribution in [2.24, 2.45) is 0 Å². The molecule has 3 atom stereocenters. The van der Waals surface area contributed by atoms with E-state index in [-0.39, 0.29) is 29.8 Å². The lowest BCUT2D eigenvalue weighted by molar-refractivity contribution is -0.384. The Hall–Kier alpha value is -1.99. The summed E-state index contributed by atoms with van der Waals surface area (Å²) in [6.45, 7) is 7.25. The van der Waals surface area contributed by atoms with Crippen molar-refractivity contribution in [2.75, 3.05) is 18.4 Å². The minimum atomic E-state index is -0.468. The Morgan fingerprint density at radius 2 is 1.86 bits per heavy atom. The van der Waals surface area contributed by atoms with E-state index in [1.54, 1.807) is 0 Å². The van der Waals surface area contributed by atoms with E-state index in [1.807, 2.05) is 20.8 Å². The van der Waals surface area contributed by atoms with Gasteiger partial charge in [0.2, 0.25) is 5.91 Å². The number of ether oxygens (including phenoxy) is 1. The first-order valence-electron chi connectivity index (χ1n) is 7.31. The largest absolute Gasteiger partial charge is 0.373 e. The maximum atomic E-state index is 12.3. The van der Waals surface area contributed by atoms with Gasteiger partial charge in [-0.2, -0.15) is 0 Å². The van der Waals surface area contributed by atoms with E-state index < -0.39 is 4.92 Å². The molecule has 1 aliphatic heterocycles. The van der Waals surface area contributed by atoms with Crippen molar-refractivity contribution >= 4 is 17.3 Å². The maximum Gasteiger partial charge on any atom is 0.269 e. The van der Waals surface area contributed by atoms with Gasteiger partial charge in [0.15, 0.2) is 0 Å². The second kappa shape index (κ2) is 6.85. The van der Waals surface area contributed by atoms with Crippen molar-refractivity contribution in [3.05, 3.63) is 34.4 Å². The number of hydrogen-bond donors (Lipinski definition) is 1. The zero-order valence-electron chi connectivity index (χ0n) is 13.0. The van der Waals surface area contributed by atoms with E-state index in [0.717, 1.165) is 0 Å². The van der Waals surface area contributed by atoms with Crippen LogP contribution in [-0.2, 0) is 9.53 Å². The summed E-state index contributed by atoms with van der Waals surface area (Å²) >= 11 is 0. The summed E-state index contributed by atoms with van der Waals surface area (Å²) in [5, 5.41) is 13.4. The summed E-state index contributed by atoms with van der Waals surface area (Å²) in [4.78, 5) is 24.5. The molecule has 1 aromatic carbocycles. The molecule has 1 heterocycles. The van der Waals surface area contributed by atoms with E-state index >= 15 is 0 Å². The average Bonchev–Trinajstić information content (AvgIpc) is 2.46. The van der Waals surface area contributed by atoms with E-state index in [2.05, 4.69) is 10.2 Å². The molecule has 1 fully saturated rings. The SMILES string of the molecule is C[C@H]1CN([C@@H](C)C(=O)Nc2ccc([N+](=O)[O-])cc2)C[C@H](C)O1. The van der Waals surface area contributed by atoms with E-state index in [4.69, 9.17) is 4.74 Å². The number of anilines is 1. The number of nitrogens with zero attached hydrogens (tertiary/aromatic N) is 2. The number of nitrogens with one attached hydrogen (secondary N) is 1. The van der Waals surface area contributed by atoms with Crippen LogP contribution in [0.4, 0.5) is 11.4 Å². The summed E-state index contributed by atoms with van der Waals surface area (Å²) in [5.41, 5.74) is 0.554. The Balaban J connectivity index is 1.97. The van der Waals surface area contributed by atoms with Crippen molar-refractivity contribution < 1.29 is 14.5 Å². The molecule has 2 rings (SSSR count). The number of morpholine rings is 1. The third kappa shape index (κ3) is 4.02. The molecule has 0 unspecified atom stereocenters. The minimum absolute atomic E-state index is 0.00174. The van der Waals surface area contributed by atoms with Crippen LogP contribution in [0.2, 0.25) is 0 Å². The van der Waals surface area contributed by atoms with Gasteiger partial charge in [-0.1, -0.05) is 0 Å². The summed E-state index contributed by atoms with van der Waals surface area (Å²) in [7, 11) is 0. The van der Waals surface area contributed by atoms with Gasteiger partial charge in [-0.25, -0.2) is 0 Å². The van der Waals surface area contributed by atoms with Gasteiger partial charge in [0.1, 0.15) is 0 Å². The number of nitro benzene ring substituents is 1. The van der Waals surface area contributed by atoms with Crippen molar-refractivity contribution in [1.29, 1.82) is 0 Å². The second-order valence-electron chi connectivity index (χ2n) is 5.68. The third-order valence-electron chi connectivity index (χ3n) is 3.72. The number of carbonyl (C=O) groups excluding carboxylic acids is 1. The lowest BCUT2D eigenvalue weighted by Gasteiger charge is -2.38. The molecule has 0 aromatic heterocycles. The molecule has 22 heavy (non-hydrogen) atoms. The number of carbonyl (C=O) groups is 1. The summed E-state index contributed by atoms with van der Waals surface area (Å²) in [5.74, 6) is -0.129. The molecule has 1 aromatic rings. The fourth-order valence-electron chi connectivity index (χ4n) is 2.61. The van der Waals surface area contributed by atoms with E-state index in [9.17, 15) is 14.9 Å². The molecular formula is C15H21N3O4. The van der Waals surface area contributed by atoms with E-state index in [0.29, 0.717) is 18.8 Å². The molecule has 1 amide bonds. The highest BCUT2D eigenvalue weighted by Gasteiger charge is 2.29. The Morgan fingerprint density at radius 3 is 2.36 bits per heavy atom. The van der Waals surface area contributed by atoms with Crippen LogP contribution in [0.15, 0.2) is 24.3 Å². The van der Waals surface area contributed by atoms with Crippen molar-refractivity contribution in [3.63, 3.8) is 0 Å². The van der Waals surface area contributed by atoms with Crippen molar-refractivity contribution in [1.82, 2.24) is 4.90 Å². The maximum absolute atomic E-state index is 12.3. The number of amides is 1. The molecule has 0 radical (unpaired) electrons. The van der Waals surface area contributed by atoms with Crippen LogP contribution in [-0.4, -0.2) is 47.1 Å². The summed E-state index contributed by atoms with van der Waals surface area (Å²) < 4.78 is 5.66. The molecule has 1 saturated heterocycles. The van der Waals surface area contributed by atoms with Crippen molar-refractivity contribution in [2.45, 2.75) is 39.0 Å². The first-order valence-corrected chi connectivity index (χ1v) is 7.31. The first-order chi connectivity index (χ1) is 10.4. The fraction of sp³-hybridized carbons (Fsp3) is 0.533. The normalized spacial score (nSPS) is 23.8. The number of hydrogen-bond acceptors (Lipinski definition) is 5. The summed E-state index contributed by atoms with van der Waals surface area (Å²) in [6, 6.07) is 5.53. The van der Waals surface area contributed by atoms with Crippen LogP contribution < -0.4 is 5.32 Å². The Morgan fingerprint density at radius 1 is 1.32 bits per heavy atom. The number of benzene rings is 1. The molecule has 7 heteroatoms. The molecule has 0 spiro atoms. The predicted octanol–water partition coefficient (Wildman–Crippen LogP) is 2.03. The van der Waals surface area contributed by atoms with Gasteiger partial charge in [0, 0.05) is 30.9 Å². The van der Waals surface area contributed by atoms with Gasteiger partial charge in [-0.3, -0.25) is 19.8 Å². The number of nitro groups is 1. The molecule has 0 saturated carbocycles. The van der Waals surface area contributed by atoms with Gasteiger partial charge in [0.05, 0.1) is 23.2 Å². The molecule has 1 aliphatic rings. The molecule has 1 N–H and O–H groups in total. The standard InChI is InChI=1S/C15H21N3O4/c1-10-8-17(9-11(2)22-10)12(3)15(19)16-13-4-6-14(7-5-13)18(20)21/h4-7,10-12H,8-9H2,1-3H3,(H,16,19)/t10-,11-,12-/m0/s1. The van der Waals surface area contributed by atoms with Crippen LogP contribution in [0.25, 0.3) is 0 Å². The molecular weight excluding hydrogens is 286 g/mol. The quantitative estimate of drug-likeness (QED) is 0.679. The highest BCUT2D eigenvalue weighted by Crippen LogP contribution is 2.17. The zero-order valence-corrected chi connectivity index (χ0v) is 13.0. The monoisotopic (exact) mass is 307 g/mol. The van der Waals surface area contributed by atoms with Crippen LogP contribution in [0.1, 0.15) is 20.8 Å². The van der Waals surface area contributed by atoms with Gasteiger partial charge in [0.25, 0.3) is 5.69 Å². The Labute approximate surface area is 129 Å². The van der Waals surface area contributed by atoms with Crippen LogP contribution in [0, 0.1) is 10.1 Å². The number of rotatable bonds is 4. The summed E-state index contributed by atoms with van der Waals surface area (Å²) in [6.07, 6.45) is 0.191. The lowest BCUT2D eigenvalue weighted by Crippen LogP contribution is -2.52. The smallest absolute Gasteiger partial charge is 0.269 e. The second-order valence-corrected chi connectivity index (χ2v) is 5.68. The first kappa shape index (κ1) is 16.4. The number of non-ortho nitro benzene ring substituents is 1. The molecule has 120 valence electrons. The highest BCUT2D eigenvalue weighted by atomic mass is 16.6. The van der Waals surface area contributed by atoms with E-state index in [1.165, 1.54) is 24.3 Å². The Bertz CT molecular complexity index is 536. The van der Waals surface area contributed by atoms with Crippen LogP contribution >= 0.6 is 0 Å². The fourth-order valence-corrected chi connectivity index (χ4v) is 2.61.